The third-order valence-corrected chi connectivity index (χ3v) is 1.89. The molecule has 78 valence electrons. The van der Waals surface area contributed by atoms with Crippen molar-refractivity contribution in [3.8, 4) is 0 Å². The highest BCUT2D eigenvalue weighted by Crippen LogP contribution is 2.42. The molecule has 1 atom stereocenters. The van der Waals surface area contributed by atoms with Gasteiger partial charge in [-0.05, 0) is 0 Å². The minimum Gasteiger partial charge on any atom is -0.491 e. The summed E-state index contributed by atoms with van der Waals surface area (Å²) in [7, 11) is 0.800. The van der Waals surface area contributed by atoms with Crippen molar-refractivity contribution in [1.82, 2.24) is 0 Å². The lowest BCUT2D eigenvalue weighted by Gasteiger charge is -2.19. The second-order valence-electron chi connectivity index (χ2n) is 2.38. The van der Waals surface area contributed by atoms with Crippen molar-refractivity contribution in [3.63, 3.8) is 0 Å². The normalized spacial score (nSPS) is 28.6. The van der Waals surface area contributed by atoms with Crippen LogP contribution in [-0.4, -0.2) is 18.0 Å². The van der Waals surface area contributed by atoms with Gasteiger partial charge in [-0.1, -0.05) is 11.6 Å². The number of allylic oxidation sites excluding steroid dienone is 3. The fraction of sp³-hybridized carbons (Fsp3) is 0.286. The van der Waals surface area contributed by atoms with Crippen molar-refractivity contribution in [2.75, 3.05) is 7.11 Å². The molecule has 0 saturated carbocycles. The predicted molar refractivity (Wildman–Crippen MR) is 39.1 cm³/mol. The van der Waals surface area contributed by atoms with Crippen LogP contribution in [0, 0.1) is 0 Å². The Kier molecular flexibility index (Phi) is 2.58. The predicted octanol–water partition coefficient (Wildman–Crippen LogP) is 2.45. The summed E-state index contributed by atoms with van der Waals surface area (Å²) < 4.78 is 55.2. The highest BCUT2D eigenvalue weighted by Gasteiger charge is 2.51. The Morgan fingerprint density at radius 3 is 2.21 bits per heavy atom. The van der Waals surface area contributed by atoms with Crippen LogP contribution in [0.5, 0.6) is 0 Å². The van der Waals surface area contributed by atoms with E-state index in [-0.39, 0.29) is 0 Å². The first-order chi connectivity index (χ1) is 6.34. The Labute approximate surface area is 80.8 Å². The fourth-order valence-corrected chi connectivity index (χ4v) is 1.02. The summed E-state index contributed by atoms with van der Waals surface area (Å²) in [5.74, 6) is -9.36. The van der Waals surface area contributed by atoms with Crippen molar-refractivity contribution in [2.45, 2.75) is 5.13 Å². The summed E-state index contributed by atoms with van der Waals surface area (Å²) in [6.07, 6.45) is 0. The van der Waals surface area contributed by atoms with E-state index in [1.807, 2.05) is 0 Å². The lowest BCUT2D eigenvalue weighted by atomic mass is 10.1. The third-order valence-electron chi connectivity index (χ3n) is 1.56. The zero-order valence-corrected chi connectivity index (χ0v) is 7.46. The minimum absolute atomic E-state index is 0.800. The van der Waals surface area contributed by atoms with E-state index in [2.05, 4.69) is 16.3 Å². The van der Waals surface area contributed by atoms with Gasteiger partial charge in [-0.3, -0.25) is 4.79 Å². The summed E-state index contributed by atoms with van der Waals surface area (Å²) in [5.41, 5.74) is 0. The van der Waals surface area contributed by atoms with Crippen LogP contribution in [0.25, 0.3) is 0 Å². The highest BCUT2D eigenvalue weighted by atomic mass is 35.5. The number of halogens is 5. The number of hydrogen-bond acceptors (Lipinski definition) is 2. The highest BCUT2D eigenvalue weighted by molar-refractivity contribution is 6.38. The number of ether oxygens (including phenoxy) is 1. The van der Waals surface area contributed by atoms with Gasteiger partial charge < -0.3 is 4.74 Å². The van der Waals surface area contributed by atoms with Gasteiger partial charge in [0.2, 0.25) is 17.5 Å². The van der Waals surface area contributed by atoms with Gasteiger partial charge in [0.25, 0.3) is 5.78 Å². The average Bonchev–Trinajstić information content (AvgIpc) is 2.14. The molecular formula is C7H3ClF4O2. The molecule has 1 unspecified atom stereocenters. The van der Waals surface area contributed by atoms with E-state index >= 15 is 0 Å². The van der Waals surface area contributed by atoms with Crippen LogP contribution in [0.2, 0.25) is 0 Å². The second kappa shape index (κ2) is 3.27. The van der Waals surface area contributed by atoms with Crippen molar-refractivity contribution in [3.05, 3.63) is 23.2 Å². The Balaban J connectivity index is 3.40. The van der Waals surface area contributed by atoms with E-state index < -0.39 is 34.2 Å². The molecule has 0 radical (unpaired) electrons. The molecule has 1 rings (SSSR count). The first kappa shape index (κ1) is 11.0. The minimum atomic E-state index is -3.82. The topological polar surface area (TPSA) is 26.3 Å². The second-order valence-corrected chi connectivity index (χ2v) is 2.90. The van der Waals surface area contributed by atoms with Gasteiger partial charge in [-0.2, -0.15) is 8.78 Å². The SMILES string of the molecule is COC1=C(F)C(=O)C(F)(Cl)C(F)=C1F. The Morgan fingerprint density at radius 2 is 1.79 bits per heavy atom. The average molecular weight is 231 g/mol. The fourth-order valence-electron chi connectivity index (χ4n) is 0.854. The molecule has 0 aromatic carbocycles. The summed E-state index contributed by atoms with van der Waals surface area (Å²) in [4.78, 5) is 10.7. The number of hydrogen-bond donors (Lipinski definition) is 0. The largest absolute Gasteiger partial charge is 0.491 e. The van der Waals surface area contributed by atoms with Crippen molar-refractivity contribution in [2.24, 2.45) is 0 Å². The number of rotatable bonds is 1. The summed E-state index contributed by atoms with van der Waals surface area (Å²) in [6.45, 7) is 0. The lowest BCUT2D eigenvalue weighted by molar-refractivity contribution is -0.123. The van der Waals surface area contributed by atoms with Crippen LogP contribution < -0.4 is 0 Å². The maximum Gasteiger partial charge on any atom is 0.302 e. The molecule has 0 fully saturated rings. The summed E-state index contributed by atoms with van der Waals surface area (Å²) >= 11 is 4.67. The smallest absolute Gasteiger partial charge is 0.302 e. The van der Waals surface area contributed by atoms with E-state index in [0.29, 0.717) is 0 Å². The van der Waals surface area contributed by atoms with E-state index in [9.17, 15) is 22.4 Å². The Morgan fingerprint density at radius 1 is 1.29 bits per heavy atom. The van der Waals surface area contributed by atoms with Crippen LogP contribution in [0.1, 0.15) is 0 Å². The molecule has 2 nitrogen and oxygen atoms in total. The number of alkyl halides is 2. The number of methoxy groups -OCH3 is 1. The zero-order valence-electron chi connectivity index (χ0n) is 6.71. The van der Waals surface area contributed by atoms with Crippen molar-refractivity contribution in [1.29, 1.82) is 0 Å². The van der Waals surface area contributed by atoms with Gasteiger partial charge in [0.05, 0.1) is 7.11 Å². The molecule has 0 bridgehead atoms. The first-order valence-electron chi connectivity index (χ1n) is 3.26. The molecule has 1 aliphatic carbocycles. The van der Waals surface area contributed by atoms with Crippen LogP contribution in [0.15, 0.2) is 23.2 Å². The van der Waals surface area contributed by atoms with Crippen LogP contribution in [-0.2, 0) is 9.53 Å². The monoisotopic (exact) mass is 230 g/mol. The van der Waals surface area contributed by atoms with E-state index in [1.54, 1.807) is 0 Å². The summed E-state index contributed by atoms with van der Waals surface area (Å²) in [5, 5.41) is -3.82. The molecule has 7 heteroatoms. The van der Waals surface area contributed by atoms with E-state index in [1.165, 1.54) is 0 Å². The van der Waals surface area contributed by atoms with E-state index in [4.69, 9.17) is 0 Å². The molecule has 14 heavy (non-hydrogen) atoms. The van der Waals surface area contributed by atoms with Crippen LogP contribution in [0.4, 0.5) is 17.6 Å². The molecule has 0 saturated heterocycles. The van der Waals surface area contributed by atoms with Gasteiger partial charge in [0, 0.05) is 0 Å². The molecule has 0 aromatic heterocycles. The molecule has 0 amide bonds. The number of carbonyl (C=O) groups excluding carboxylic acids is 1. The number of Topliss-reactive ketones (excluding diaryl/α,β-unsaturated/α-hetero) is 1. The molecule has 0 aromatic rings. The van der Waals surface area contributed by atoms with E-state index in [0.717, 1.165) is 7.11 Å². The van der Waals surface area contributed by atoms with Gasteiger partial charge in [0.1, 0.15) is 0 Å². The standard InChI is InChI=1S/C7H3ClF4O2/c1-14-4-2(9)5(11)7(8,12)6(13)3(4)10/h1H3. The van der Waals surface area contributed by atoms with Gasteiger partial charge in [0.15, 0.2) is 5.76 Å². The Bertz CT molecular complexity index is 359. The maximum absolute atomic E-state index is 12.9. The molecule has 0 N–H and O–H groups in total. The number of ketones is 1. The number of carbonyl (C=O) groups is 1. The summed E-state index contributed by atoms with van der Waals surface area (Å²) in [6, 6.07) is 0. The maximum atomic E-state index is 12.9. The van der Waals surface area contributed by atoms with Crippen LogP contribution >= 0.6 is 11.6 Å². The van der Waals surface area contributed by atoms with Gasteiger partial charge in [-0.15, -0.1) is 0 Å². The molecule has 0 heterocycles. The zero-order chi connectivity index (χ0) is 11.1. The van der Waals surface area contributed by atoms with Crippen molar-refractivity contribution < 1.29 is 27.1 Å². The molecule has 0 spiro atoms. The first-order valence-corrected chi connectivity index (χ1v) is 3.64. The van der Waals surface area contributed by atoms with Crippen LogP contribution in [0.3, 0.4) is 0 Å². The molecule has 1 aliphatic rings. The van der Waals surface area contributed by atoms with Gasteiger partial charge >= 0.3 is 5.13 Å². The van der Waals surface area contributed by atoms with Gasteiger partial charge in [-0.25, -0.2) is 8.78 Å². The molecular weight excluding hydrogens is 228 g/mol. The lowest BCUT2D eigenvalue weighted by Crippen LogP contribution is -2.33. The third kappa shape index (κ3) is 1.30. The van der Waals surface area contributed by atoms with Crippen molar-refractivity contribution >= 4 is 17.4 Å². The molecule has 0 aliphatic heterocycles. The Hall–Kier alpha value is -1.04. The quantitative estimate of drug-likeness (QED) is 0.511.